The van der Waals surface area contributed by atoms with Gasteiger partial charge in [-0.1, -0.05) is 24.3 Å². The number of para-hydroxylation sites is 1. The minimum atomic E-state index is 0.342. The lowest BCUT2D eigenvalue weighted by atomic mass is 10.2. The van der Waals surface area contributed by atoms with E-state index in [4.69, 9.17) is 0 Å². The quantitative estimate of drug-likeness (QED) is 0.522. The maximum absolute atomic E-state index is 9.34. The van der Waals surface area contributed by atoms with Crippen LogP contribution in [0.2, 0.25) is 0 Å². The third-order valence-electron chi connectivity index (χ3n) is 1.60. The van der Waals surface area contributed by atoms with Crippen LogP contribution in [-0.2, 0) is 6.54 Å². The van der Waals surface area contributed by atoms with Gasteiger partial charge in [0.05, 0.1) is 0 Å². The second-order valence-corrected chi connectivity index (χ2v) is 2.55. The topological polar surface area (TPSA) is 32.3 Å². The summed E-state index contributed by atoms with van der Waals surface area (Å²) in [5, 5.41) is 12.5. The average molecular weight is 163 g/mol. The molecule has 0 spiro atoms. The molecule has 0 saturated carbocycles. The molecular formula is C10H13NO. The molecule has 0 aliphatic carbocycles. The fourth-order valence-electron chi connectivity index (χ4n) is 0.969. The highest BCUT2D eigenvalue weighted by molar-refractivity contribution is 5.31. The first kappa shape index (κ1) is 8.81. The second kappa shape index (κ2) is 4.57. The summed E-state index contributed by atoms with van der Waals surface area (Å²) in [5.41, 5.74) is 0.916. The third-order valence-corrected chi connectivity index (χ3v) is 1.60. The minimum Gasteiger partial charge on any atom is -0.508 e. The molecule has 64 valence electrons. The van der Waals surface area contributed by atoms with Crippen molar-refractivity contribution >= 4 is 0 Å². The molecule has 0 atom stereocenters. The fraction of sp³-hybridized carbons (Fsp3) is 0.200. The van der Waals surface area contributed by atoms with Crippen LogP contribution < -0.4 is 5.32 Å². The Kier molecular flexibility index (Phi) is 3.35. The molecule has 0 unspecified atom stereocenters. The van der Waals surface area contributed by atoms with Crippen LogP contribution in [0.25, 0.3) is 0 Å². The molecule has 0 heterocycles. The Morgan fingerprint density at radius 3 is 2.83 bits per heavy atom. The molecule has 2 heteroatoms. The molecular weight excluding hydrogens is 150 g/mol. The van der Waals surface area contributed by atoms with Crippen molar-refractivity contribution in [2.24, 2.45) is 0 Å². The first-order valence-electron chi connectivity index (χ1n) is 3.93. The highest BCUT2D eigenvalue weighted by Crippen LogP contribution is 2.14. The van der Waals surface area contributed by atoms with Crippen LogP contribution in [0, 0.1) is 0 Å². The van der Waals surface area contributed by atoms with Crippen molar-refractivity contribution in [3.05, 3.63) is 42.5 Å². The molecule has 1 aromatic carbocycles. The number of benzene rings is 1. The summed E-state index contributed by atoms with van der Waals surface area (Å²) >= 11 is 0. The molecule has 0 fully saturated rings. The minimum absolute atomic E-state index is 0.342. The molecule has 0 bridgehead atoms. The standard InChI is InChI=1S/C10H13NO/c1-2-7-11-8-9-5-3-4-6-10(9)12/h2-6,11-12H,1,7-8H2. The van der Waals surface area contributed by atoms with Gasteiger partial charge in [-0.05, 0) is 6.07 Å². The van der Waals surface area contributed by atoms with Crippen LogP contribution in [0.1, 0.15) is 5.56 Å². The summed E-state index contributed by atoms with van der Waals surface area (Å²) in [7, 11) is 0. The lowest BCUT2D eigenvalue weighted by Crippen LogP contribution is -2.12. The zero-order valence-electron chi connectivity index (χ0n) is 6.96. The molecule has 0 amide bonds. The molecule has 12 heavy (non-hydrogen) atoms. The van der Waals surface area contributed by atoms with Crippen molar-refractivity contribution in [1.29, 1.82) is 0 Å². The Labute approximate surface area is 72.5 Å². The Bertz CT molecular complexity index is 258. The van der Waals surface area contributed by atoms with Crippen LogP contribution in [0.3, 0.4) is 0 Å². The van der Waals surface area contributed by atoms with Gasteiger partial charge in [-0.15, -0.1) is 6.58 Å². The van der Waals surface area contributed by atoms with E-state index in [1.807, 2.05) is 18.2 Å². The van der Waals surface area contributed by atoms with Gasteiger partial charge in [0.1, 0.15) is 5.75 Å². The summed E-state index contributed by atoms with van der Waals surface area (Å²) in [6.45, 7) is 5.03. The predicted octanol–water partition coefficient (Wildman–Crippen LogP) is 1.67. The zero-order valence-corrected chi connectivity index (χ0v) is 6.96. The third kappa shape index (κ3) is 2.40. The summed E-state index contributed by atoms with van der Waals surface area (Å²) in [4.78, 5) is 0. The van der Waals surface area contributed by atoms with E-state index in [9.17, 15) is 5.11 Å². The molecule has 2 N–H and O–H groups in total. The highest BCUT2D eigenvalue weighted by Gasteiger charge is 1.96. The van der Waals surface area contributed by atoms with E-state index >= 15 is 0 Å². The average Bonchev–Trinajstić information content (AvgIpc) is 2.09. The SMILES string of the molecule is C=CCNCc1ccccc1O. The number of phenols is 1. The molecule has 1 aromatic rings. The maximum atomic E-state index is 9.34. The number of nitrogens with one attached hydrogen (secondary N) is 1. The molecule has 0 saturated heterocycles. The first-order chi connectivity index (χ1) is 5.84. The smallest absolute Gasteiger partial charge is 0.120 e. The lowest BCUT2D eigenvalue weighted by Gasteiger charge is -2.03. The van der Waals surface area contributed by atoms with Crippen LogP contribution >= 0.6 is 0 Å². The van der Waals surface area contributed by atoms with E-state index in [1.54, 1.807) is 12.1 Å². The molecule has 0 radical (unpaired) electrons. The second-order valence-electron chi connectivity index (χ2n) is 2.55. The molecule has 2 nitrogen and oxygen atoms in total. The largest absolute Gasteiger partial charge is 0.508 e. The van der Waals surface area contributed by atoms with Crippen LogP contribution in [0.15, 0.2) is 36.9 Å². The van der Waals surface area contributed by atoms with Gasteiger partial charge in [0.25, 0.3) is 0 Å². The zero-order chi connectivity index (χ0) is 8.81. The van der Waals surface area contributed by atoms with Gasteiger partial charge >= 0.3 is 0 Å². The van der Waals surface area contributed by atoms with Crippen molar-refractivity contribution in [2.75, 3.05) is 6.54 Å². The van der Waals surface area contributed by atoms with E-state index in [-0.39, 0.29) is 0 Å². The van der Waals surface area contributed by atoms with Crippen LogP contribution in [0.4, 0.5) is 0 Å². The predicted molar refractivity (Wildman–Crippen MR) is 50.0 cm³/mol. The highest BCUT2D eigenvalue weighted by atomic mass is 16.3. The van der Waals surface area contributed by atoms with Crippen LogP contribution in [-0.4, -0.2) is 11.7 Å². The summed E-state index contributed by atoms with van der Waals surface area (Å²) in [6, 6.07) is 7.30. The van der Waals surface area contributed by atoms with E-state index in [2.05, 4.69) is 11.9 Å². The van der Waals surface area contributed by atoms with E-state index in [0.29, 0.717) is 12.3 Å². The Balaban J connectivity index is 2.51. The molecule has 0 aliphatic rings. The van der Waals surface area contributed by atoms with Gasteiger partial charge in [0, 0.05) is 18.7 Å². The maximum Gasteiger partial charge on any atom is 0.120 e. The fourth-order valence-corrected chi connectivity index (χ4v) is 0.969. The normalized spacial score (nSPS) is 9.67. The number of aromatic hydroxyl groups is 1. The summed E-state index contributed by atoms with van der Waals surface area (Å²) in [5.74, 6) is 0.342. The summed E-state index contributed by atoms with van der Waals surface area (Å²) < 4.78 is 0. The monoisotopic (exact) mass is 163 g/mol. The van der Waals surface area contributed by atoms with E-state index in [0.717, 1.165) is 12.1 Å². The van der Waals surface area contributed by atoms with Crippen molar-refractivity contribution in [1.82, 2.24) is 5.32 Å². The van der Waals surface area contributed by atoms with Crippen molar-refractivity contribution in [3.8, 4) is 5.75 Å². The lowest BCUT2D eigenvalue weighted by molar-refractivity contribution is 0.465. The molecule has 0 aromatic heterocycles. The number of rotatable bonds is 4. The van der Waals surface area contributed by atoms with Gasteiger partial charge in [-0.3, -0.25) is 0 Å². The molecule has 1 rings (SSSR count). The molecule has 0 aliphatic heterocycles. The van der Waals surface area contributed by atoms with Gasteiger partial charge in [-0.2, -0.15) is 0 Å². The van der Waals surface area contributed by atoms with Gasteiger partial charge < -0.3 is 10.4 Å². The van der Waals surface area contributed by atoms with E-state index < -0.39 is 0 Å². The van der Waals surface area contributed by atoms with Gasteiger partial charge in [-0.25, -0.2) is 0 Å². The van der Waals surface area contributed by atoms with E-state index in [1.165, 1.54) is 0 Å². The van der Waals surface area contributed by atoms with Gasteiger partial charge in [0.2, 0.25) is 0 Å². The summed E-state index contributed by atoms with van der Waals surface area (Å²) in [6.07, 6.45) is 1.79. The number of hydrogen-bond donors (Lipinski definition) is 2. The Morgan fingerprint density at radius 2 is 2.17 bits per heavy atom. The first-order valence-corrected chi connectivity index (χ1v) is 3.93. The number of phenolic OH excluding ortho intramolecular Hbond substituents is 1. The van der Waals surface area contributed by atoms with Crippen molar-refractivity contribution in [3.63, 3.8) is 0 Å². The Hall–Kier alpha value is -1.28. The van der Waals surface area contributed by atoms with Crippen LogP contribution in [0.5, 0.6) is 5.75 Å². The van der Waals surface area contributed by atoms with Gasteiger partial charge in [0.15, 0.2) is 0 Å². The van der Waals surface area contributed by atoms with Crippen molar-refractivity contribution in [2.45, 2.75) is 6.54 Å². The van der Waals surface area contributed by atoms with Crippen molar-refractivity contribution < 1.29 is 5.11 Å². The Morgan fingerprint density at radius 1 is 1.42 bits per heavy atom. The number of hydrogen-bond acceptors (Lipinski definition) is 2.